The normalized spacial score (nSPS) is 12.4. The topological polar surface area (TPSA) is 47.3 Å². The first-order chi connectivity index (χ1) is 8.66. The highest BCUT2D eigenvalue weighted by Gasteiger charge is 2.02. The maximum Gasteiger partial charge on any atom is 0.119 e. The van der Waals surface area contributed by atoms with E-state index in [4.69, 9.17) is 4.74 Å². The fraction of sp³-hybridized carbons (Fsp3) is 0.357. The summed E-state index contributed by atoms with van der Waals surface area (Å²) in [7, 11) is 0. The van der Waals surface area contributed by atoms with Gasteiger partial charge < -0.3 is 14.4 Å². The molecule has 0 fully saturated rings. The number of aliphatic hydroxyl groups is 1. The molecule has 2 aromatic rings. The molecule has 0 unspecified atom stereocenters. The van der Waals surface area contributed by atoms with E-state index < -0.39 is 6.10 Å². The van der Waals surface area contributed by atoms with Crippen LogP contribution in [0.5, 0.6) is 5.75 Å². The van der Waals surface area contributed by atoms with Crippen LogP contribution in [0.4, 0.5) is 0 Å². The highest BCUT2D eigenvalue weighted by Crippen LogP contribution is 2.18. The third-order valence-electron chi connectivity index (χ3n) is 2.87. The molecule has 1 N–H and O–H groups in total. The van der Waals surface area contributed by atoms with E-state index in [1.807, 2.05) is 42.0 Å². The Balaban J connectivity index is 1.90. The second kappa shape index (κ2) is 5.69. The summed E-state index contributed by atoms with van der Waals surface area (Å²) >= 11 is 0. The van der Waals surface area contributed by atoms with Crippen molar-refractivity contribution in [3.8, 4) is 5.75 Å². The molecule has 0 radical (unpaired) electrons. The number of rotatable bonds is 5. The first-order valence-electron chi connectivity index (χ1n) is 6.05. The van der Waals surface area contributed by atoms with Crippen LogP contribution in [0.2, 0.25) is 0 Å². The molecule has 0 aliphatic rings. The molecule has 0 saturated heterocycles. The first-order valence-corrected chi connectivity index (χ1v) is 6.05. The molecule has 1 aromatic heterocycles. The van der Waals surface area contributed by atoms with Crippen LogP contribution in [0.15, 0.2) is 36.7 Å². The van der Waals surface area contributed by atoms with E-state index in [0.29, 0.717) is 6.61 Å². The lowest BCUT2D eigenvalue weighted by Crippen LogP contribution is -2.09. The number of imidazole rings is 1. The molecule has 96 valence electrons. The zero-order valence-corrected chi connectivity index (χ0v) is 10.7. The highest BCUT2D eigenvalue weighted by molar-refractivity contribution is 5.29. The van der Waals surface area contributed by atoms with Gasteiger partial charge in [0, 0.05) is 12.4 Å². The molecule has 0 bridgehead atoms. The van der Waals surface area contributed by atoms with Crippen molar-refractivity contribution in [3.63, 3.8) is 0 Å². The molecule has 18 heavy (non-hydrogen) atoms. The van der Waals surface area contributed by atoms with Gasteiger partial charge in [0.2, 0.25) is 0 Å². The summed E-state index contributed by atoms with van der Waals surface area (Å²) < 4.78 is 7.71. The summed E-state index contributed by atoms with van der Waals surface area (Å²) in [5.41, 5.74) is 0.867. The van der Waals surface area contributed by atoms with Gasteiger partial charge in [0.05, 0.1) is 12.6 Å². The molecule has 0 saturated carbocycles. The Morgan fingerprint density at radius 3 is 2.94 bits per heavy atom. The molecule has 4 nitrogen and oxygen atoms in total. The van der Waals surface area contributed by atoms with Crippen LogP contribution < -0.4 is 4.74 Å². The summed E-state index contributed by atoms with van der Waals surface area (Å²) in [6, 6.07) is 7.54. The van der Waals surface area contributed by atoms with E-state index in [-0.39, 0.29) is 0 Å². The van der Waals surface area contributed by atoms with Crippen molar-refractivity contribution in [2.24, 2.45) is 0 Å². The van der Waals surface area contributed by atoms with Gasteiger partial charge in [0.15, 0.2) is 0 Å². The zero-order valence-electron chi connectivity index (χ0n) is 10.7. The van der Waals surface area contributed by atoms with Crippen molar-refractivity contribution in [1.29, 1.82) is 0 Å². The molecule has 0 aliphatic carbocycles. The Morgan fingerprint density at radius 1 is 1.44 bits per heavy atom. The number of aromatic nitrogens is 2. The van der Waals surface area contributed by atoms with Crippen molar-refractivity contribution >= 4 is 0 Å². The van der Waals surface area contributed by atoms with Crippen LogP contribution in [0.1, 0.15) is 24.4 Å². The monoisotopic (exact) mass is 246 g/mol. The fourth-order valence-electron chi connectivity index (χ4n) is 1.77. The largest absolute Gasteiger partial charge is 0.492 e. The van der Waals surface area contributed by atoms with Crippen LogP contribution in [0.25, 0.3) is 0 Å². The van der Waals surface area contributed by atoms with Crippen LogP contribution in [0.3, 0.4) is 0 Å². The number of nitrogens with zero attached hydrogens (tertiary/aromatic N) is 2. The summed E-state index contributed by atoms with van der Waals surface area (Å²) in [6.45, 7) is 5.06. The van der Waals surface area contributed by atoms with Gasteiger partial charge in [-0.15, -0.1) is 0 Å². The van der Waals surface area contributed by atoms with Gasteiger partial charge in [-0.25, -0.2) is 4.98 Å². The van der Waals surface area contributed by atoms with Gasteiger partial charge >= 0.3 is 0 Å². The highest BCUT2D eigenvalue weighted by atomic mass is 16.5. The van der Waals surface area contributed by atoms with Gasteiger partial charge in [-0.2, -0.15) is 0 Å². The predicted octanol–water partition coefficient (Wildman–Crippen LogP) is 2.32. The van der Waals surface area contributed by atoms with E-state index in [1.54, 1.807) is 13.1 Å². The maximum atomic E-state index is 9.49. The molecule has 2 rings (SSSR count). The molecule has 4 heteroatoms. The minimum absolute atomic E-state index is 0.468. The van der Waals surface area contributed by atoms with Crippen molar-refractivity contribution < 1.29 is 9.84 Å². The summed E-state index contributed by atoms with van der Waals surface area (Å²) in [6.07, 6.45) is 3.25. The molecule has 0 aliphatic heterocycles. The van der Waals surface area contributed by atoms with E-state index in [1.165, 1.54) is 0 Å². The van der Waals surface area contributed by atoms with E-state index in [0.717, 1.165) is 23.7 Å². The number of hydrogen-bond acceptors (Lipinski definition) is 3. The van der Waals surface area contributed by atoms with Gasteiger partial charge in [0.25, 0.3) is 0 Å². The minimum atomic E-state index is -0.468. The van der Waals surface area contributed by atoms with Gasteiger partial charge in [-0.1, -0.05) is 12.1 Å². The van der Waals surface area contributed by atoms with Crippen molar-refractivity contribution in [1.82, 2.24) is 9.55 Å². The second-order valence-corrected chi connectivity index (χ2v) is 4.26. The lowest BCUT2D eigenvalue weighted by Gasteiger charge is -2.10. The van der Waals surface area contributed by atoms with Crippen molar-refractivity contribution in [2.45, 2.75) is 26.5 Å². The van der Waals surface area contributed by atoms with Gasteiger partial charge in [-0.3, -0.25) is 0 Å². The van der Waals surface area contributed by atoms with Crippen LogP contribution in [0, 0.1) is 6.92 Å². The maximum absolute atomic E-state index is 9.49. The molecule has 1 aromatic carbocycles. The van der Waals surface area contributed by atoms with Gasteiger partial charge in [0.1, 0.15) is 18.2 Å². The summed E-state index contributed by atoms with van der Waals surface area (Å²) in [5, 5.41) is 9.49. The molecular formula is C14H18N2O2. The number of aryl methyl sites for hydroxylation is 1. The average molecular weight is 246 g/mol. The Morgan fingerprint density at radius 2 is 2.28 bits per heavy atom. The third kappa shape index (κ3) is 3.11. The number of benzene rings is 1. The number of aliphatic hydroxyl groups excluding tert-OH is 1. The Hall–Kier alpha value is -1.81. The van der Waals surface area contributed by atoms with Crippen LogP contribution in [-0.2, 0) is 6.54 Å². The predicted molar refractivity (Wildman–Crippen MR) is 69.5 cm³/mol. The van der Waals surface area contributed by atoms with Gasteiger partial charge in [-0.05, 0) is 31.5 Å². The minimum Gasteiger partial charge on any atom is -0.492 e. The molecular weight excluding hydrogens is 228 g/mol. The standard InChI is InChI=1S/C14H18N2O2/c1-11(17)13-4-3-5-14(10-13)18-9-8-16-7-6-15-12(16)2/h3-7,10-11,17H,8-9H2,1-2H3/t11-/m0/s1. The summed E-state index contributed by atoms with van der Waals surface area (Å²) in [5.74, 6) is 1.77. The quantitative estimate of drug-likeness (QED) is 0.880. The van der Waals surface area contributed by atoms with Crippen molar-refractivity contribution in [3.05, 3.63) is 48.0 Å². The molecule has 0 amide bonds. The van der Waals surface area contributed by atoms with Crippen LogP contribution in [-0.4, -0.2) is 21.3 Å². The smallest absolute Gasteiger partial charge is 0.119 e. The number of ether oxygens (including phenoxy) is 1. The van der Waals surface area contributed by atoms with Crippen molar-refractivity contribution in [2.75, 3.05) is 6.61 Å². The second-order valence-electron chi connectivity index (χ2n) is 4.26. The Kier molecular flexibility index (Phi) is 3.99. The summed E-state index contributed by atoms with van der Waals surface area (Å²) in [4.78, 5) is 4.15. The van der Waals surface area contributed by atoms with E-state index in [9.17, 15) is 5.11 Å². The Labute approximate surface area is 107 Å². The average Bonchev–Trinajstić information content (AvgIpc) is 2.76. The fourth-order valence-corrected chi connectivity index (χ4v) is 1.77. The van der Waals surface area contributed by atoms with E-state index in [2.05, 4.69) is 4.98 Å². The lowest BCUT2D eigenvalue weighted by molar-refractivity contribution is 0.198. The Bertz CT molecular complexity index is 506. The SMILES string of the molecule is Cc1nccn1CCOc1cccc([C@H](C)O)c1. The third-order valence-corrected chi connectivity index (χ3v) is 2.87. The molecule has 1 atom stereocenters. The molecule has 0 spiro atoms. The lowest BCUT2D eigenvalue weighted by atomic mass is 10.1. The first kappa shape index (κ1) is 12.6. The molecule has 1 heterocycles. The van der Waals surface area contributed by atoms with Crippen LogP contribution >= 0.6 is 0 Å². The zero-order chi connectivity index (χ0) is 13.0. The van der Waals surface area contributed by atoms with E-state index >= 15 is 0 Å². The number of hydrogen-bond donors (Lipinski definition) is 1.